The second kappa shape index (κ2) is 7.75. The highest BCUT2D eigenvalue weighted by atomic mass is 16.1. The molecule has 0 aliphatic carbocycles. The molecule has 1 amide bonds. The van der Waals surface area contributed by atoms with Crippen LogP contribution in [0.25, 0.3) is 5.69 Å². The Morgan fingerprint density at radius 3 is 2.68 bits per heavy atom. The number of nitrogens with zero attached hydrogens (tertiary/aromatic N) is 2. The summed E-state index contributed by atoms with van der Waals surface area (Å²) in [5.74, 6) is -0.0735. The summed E-state index contributed by atoms with van der Waals surface area (Å²) in [5.41, 5.74) is 3.61. The molecule has 0 saturated heterocycles. The molecule has 0 unspecified atom stereocenters. The number of aryl methyl sites for hydroxylation is 1. The number of hydrogen-bond donors (Lipinski definition) is 2. The van der Waals surface area contributed by atoms with E-state index in [4.69, 9.17) is 0 Å². The van der Waals surface area contributed by atoms with E-state index in [-0.39, 0.29) is 5.91 Å². The summed E-state index contributed by atoms with van der Waals surface area (Å²) in [7, 11) is 0. The minimum Gasteiger partial charge on any atom is -0.351 e. The van der Waals surface area contributed by atoms with Crippen LogP contribution in [0.15, 0.2) is 30.5 Å². The molecule has 1 heterocycles. The third kappa shape index (κ3) is 3.74. The fraction of sp³-hybridized carbons (Fsp3) is 0.412. The number of hydrogen-bond acceptors (Lipinski definition) is 3. The lowest BCUT2D eigenvalue weighted by atomic mass is 10.2. The van der Waals surface area contributed by atoms with Crippen molar-refractivity contribution >= 4 is 5.91 Å². The third-order valence-corrected chi connectivity index (χ3v) is 3.61. The third-order valence-electron chi connectivity index (χ3n) is 3.61. The summed E-state index contributed by atoms with van der Waals surface area (Å²) in [6, 6.07) is 8.01. The molecule has 0 atom stereocenters. The first-order chi connectivity index (χ1) is 10.6. The van der Waals surface area contributed by atoms with Crippen molar-refractivity contribution < 1.29 is 4.79 Å². The van der Waals surface area contributed by atoms with Gasteiger partial charge in [0.05, 0.1) is 23.1 Å². The fourth-order valence-electron chi connectivity index (χ4n) is 2.34. The maximum Gasteiger partial charge on any atom is 0.254 e. The van der Waals surface area contributed by atoms with Gasteiger partial charge < -0.3 is 10.6 Å². The van der Waals surface area contributed by atoms with Crippen LogP contribution in [0.4, 0.5) is 0 Å². The number of carbonyl (C=O) groups excluding carboxylic acids is 1. The Bertz CT molecular complexity index is 633. The van der Waals surface area contributed by atoms with Crippen molar-refractivity contribution in [2.45, 2.75) is 27.2 Å². The van der Waals surface area contributed by atoms with Gasteiger partial charge in [0.25, 0.3) is 5.91 Å². The minimum atomic E-state index is -0.0735. The molecule has 5 heteroatoms. The normalized spacial score (nSPS) is 10.7. The monoisotopic (exact) mass is 300 g/mol. The van der Waals surface area contributed by atoms with E-state index in [1.165, 1.54) is 0 Å². The lowest BCUT2D eigenvalue weighted by Gasteiger charge is -2.09. The first-order valence-electron chi connectivity index (χ1n) is 7.74. The van der Waals surface area contributed by atoms with Crippen molar-refractivity contribution in [1.82, 2.24) is 20.4 Å². The zero-order valence-electron chi connectivity index (χ0n) is 13.5. The summed E-state index contributed by atoms with van der Waals surface area (Å²) in [5, 5.41) is 10.5. The van der Waals surface area contributed by atoms with Gasteiger partial charge in [-0.15, -0.1) is 0 Å². The molecule has 2 aromatic rings. The van der Waals surface area contributed by atoms with Gasteiger partial charge in [-0.25, -0.2) is 4.68 Å². The van der Waals surface area contributed by atoms with Crippen LogP contribution in [0, 0.1) is 13.8 Å². The van der Waals surface area contributed by atoms with Gasteiger partial charge in [0.2, 0.25) is 0 Å². The Balaban J connectivity index is 2.05. The number of benzene rings is 1. The van der Waals surface area contributed by atoms with E-state index in [1.54, 1.807) is 6.20 Å². The molecule has 5 nitrogen and oxygen atoms in total. The predicted octanol–water partition coefficient (Wildman–Crippen LogP) is 2.22. The molecular formula is C17H24N4O. The molecule has 0 aliphatic heterocycles. The Morgan fingerprint density at radius 1 is 1.18 bits per heavy atom. The molecule has 118 valence electrons. The molecule has 1 aromatic heterocycles. The Morgan fingerprint density at radius 2 is 1.95 bits per heavy atom. The first-order valence-corrected chi connectivity index (χ1v) is 7.74. The number of aromatic nitrogens is 2. The highest BCUT2D eigenvalue weighted by Crippen LogP contribution is 2.17. The van der Waals surface area contributed by atoms with Crippen molar-refractivity contribution in [3.8, 4) is 5.69 Å². The van der Waals surface area contributed by atoms with Crippen LogP contribution in [0.1, 0.15) is 35.0 Å². The SMILES string of the molecule is CCCNCCNC(=O)c1cnn(-c2ccccc2C)c1C. The molecule has 1 aromatic carbocycles. The lowest BCUT2D eigenvalue weighted by molar-refractivity contribution is 0.0953. The summed E-state index contributed by atoms with van der Waals surface area (Å²) in [6.45, 7) is 8.45. The smallest absolute Gasteiger partial charge is 0.254 e. The Hall–Kier alpha value is -2.14. The van der Waals surface area contributed by atoms with Crippen molar-refractivity contribution in [3.05, 3.63) is 47.3 Å². The van der Waals surface area contributed by atoms with Crippen LogP contribution in [0.3, 0.4) is 0 Å². The zero-order valence-corrected chi connectivity index (χ0v) is 13.5. The van der Waals surface area contributed by atoms with E-state index < -0.39 is 0 Å². The number of para-hydroxylation sites is 1. The summed E-state index contributed by atoms with van der Waals surface area (Å²) < 4.78 is 1.82. The van der Waals surface area contributed by atoms with E-state index >= 15 is 0 Å². The maximum absolute atomic E-state index is 12.2. The first kappa shape index (κ1) is 16.2. The molecule has 22 heavy (non-hydrogen) atoms. The number of carbonyl (C=O) groups is 1. The van der Waals surface area contributed by atoms with Crippen LogP contribution in [-0.2, 0) is 0 Å². The van der Waals surface area contributed by atoms with Crippen molar-refractivity contribution in [2.75, 3.05) is 19.6 Å². The van der Waals surface area contributed by atoms with Crippen molar-refractivity contribution in [2.24, 2.45) is 0 Å². The molecule has 2 N–H and O–H groups in total. The second-order valence-corrected chi connectivity index (χ2v) is 5.35. The predicted molar refractivity (Wildman–Crippen MR) is 88.5 cm³/mol. The second-order valence-electron chi connectivity index (χ2n) is 5.35. The van der Waals surface area contributed by atoms with Crippen molar-refractivity contribution in [1.29, 1.82) is 0 Å². The van der Waals surface area contributed by atoms with Crippen LogP contribution >= 0.6 is 0 Å². The van der Waals surface area contributed by atoms with Gasteiger partial charge in [0.15, 0.2) is 0 Å². The number of nitrogens with one attached hydrogen (secondary N) is 2. The van der Waals surface area contributed by atoms with E-state index in [1.807, 2.05) is 42.8 Å². The van der Waals surface area contributed by atoms with E-state index in [0.29, 0.717) is 12.1 Å². The van der Waals surface area contributed by atoms with Gasteiger partial charge in [0, 0.05) is 13.1 Å². The van der Waals surface area contributed by atoms with Gasteiger partial charge >= 0.3 is 0 Å². The average molecular weight is 300 g/mol. The Labute approximate surface area is 131 Å². The highest BCUT2D eigenvalue weighted by molar-refractivity contribution is 5.95. The van der Waals surface area contributed by atoms with Crippen LogP contribution in [-0.4, -0.2) is 35.3 Å². The summed E-state index contributed by atoms with van der Waals surface area (Å²) in [4.78, 5) is 12.2. The molecule has 2 rings (SSSR count). The van der Waals surface area contributed by atoms with Crippen LogP contribution in [0.2, 0.25) is 0 Å². The zero-order chi connectivity index (χ0) is 15.9. The lowest BCUT2D eigenvalue weighted by Crippen LogP contribution is -2.32. The largest absolute Gasteiger partial charge is 0.351 e. The quantitative estimate of drug-likeness (QED) is 0.771. The standard InChI is InChI=1S/C17H24N4O/c1-4-9-18-10-11-19-17(22)15-12-20-21(14(15)3)16-8-6-5-7-13(16)2/h5-8,12,18H,4,9-11H2,1-3H3,(H,19,22). The van der Waals surface area contributed by atoms with Crippen LogP contribution < -0.4 is 10.6 Å². The van der Waals surface area contributed by atoms with Crippen molar-refractivity contribution in [3.63, 3.8) is 0 Å². The van der Waals surface area contributed by atoms with Crippen LogP contribution in [0.5, 0.6) is 0 Å². The van der Waals surface area contributed by atoms with E-state index in [9.17, 15) is 4.79 Å². The topological polar surface area (TPSA) is 58.9 Å². The van der Waals surface area contributed by atoms with E-state index in [0.717, 1.165) is 36.5 Å². The fourth-order valence-corrected chi connectivity index (χ4v) is 2.34. The molecule has 0 saturated carbocycles. The number of rotatable bonds is 7. The molecule has 0 radical (unpaired) electrons. The molecule has 0 aliphatic rings. The summed E-state index contributed by atoms with van der Waals surface area (Å²) >= 11 is 0. The van der Waals surface area contributed by atoms with Gasteiger partial charge in [-0.2, -0.15) is 5.10 Å². The van der Waals surface area contributed by atoms with Gasteiger partial charge in [-0.1, -0.05) is 25.1 Å². The van der Waals surface area contributed by atoms with Gasteiger partial charge in [-0.05, 0) is 38.4 Å². The molecule has 0 spiro atoms. The van der Waals surface area contributed by atoms with E-state index in [2.05, 4.69) is 22.7 Å². The molecule has 0 fully saturated rings. The minimum absolute atomic E-state index is 0.0735. The number of amides is 1. The molecule has 0 bridgehead atoms. The summed E-state index contributed by atoms with van der Waals surface area (Å²) in [6.07, 6.45) is 2.73. The molecular weight excluding hydrogens is 276 g/mol. The average Bonchev–Trinajstić information content (AvgIpc) is 2.89. The van der Waals surface area contributed by atoms with Gasteiger partial charge in [0.1, 0.15) is 0 Å². The van der Waals surface area contributed by atoms with Gasteiger partial charge in [-0.3, -0.25) is 4.79 Å². The highest BCUT2D eigenvalue weighted by Gasteiger charge is 2.15. The Kier molecular flexibility index (Phi) is 5.72. The maximum atomic E-state index is 12.2.